The number of fused-ring (bicyclic) bond motifs is 1. The second-order valence-corrected chi connectivity index (χ2v) is 7.33. The Morgan fingerprint density at radius 2 is 1.65 bits per heavy atom. The Balaban J connectivity index is 0.000000449. The molecule has 0 aliphatic rings. The zero-order valence-electron chi connectivity index (χ0n) is 19.4. The van der Waals surface area contributed by atoms with Gasteiger partial charge in [-0.1, -0.05) is 59.7 Å². The second-order valence-electron chi connectivity index (χ2n) is 7.33. The first-order chi connectivity index (χ1) is 15.9. The second kappa shape index (κ2) is 12.7. The van der Waals surface area contributed by atoms with Gasteiger partial charge < -0.3 is 19.6 Å². The smallest absolute Gasteiger partial charge is 0.155 e. The summed E-state index contributed by atoms with van der Waals surface area (Å²) in [5.74, 6) is 1.47. The van der Waals surface area contributed by atoms with Crippen LogP contribution in [0.4, 0.5) is 0 Å². The molecule has 0 aliphatic heterocycles. The molecule has 0 saturated heterocycles. The van der Waals surface area contributed by atoms with Gasteiger partial charge in [-0.2, -0.15) is 0 Å². The zero-order valence-corrected chi connectivity index (χ0v) is 21.7. The van der Waals surface area contributed by atoms with Crippen LogP contribution in [0.5, 0.6) is 11.5 Å². The van der Waals surface area contributed by atoms with E-state index in [0.717, 1.165) is 33.9 Å². The summed E-state index contributed by atoms with van der Waals surface area (Å²) in [6.07, 6.45) is 2.92. The Morgan fingerprint density at radius 1 is 0.941 bits per heavy atom. The fourth-order valence-electron chi connectivity index (χ4n) is 3.45. The van der Waals surface area contributed by atoms with Crippen molar-refractivity contribution in [2.45, 2.75) is 13.8 Å². The summed E-state index contributed by atoms with van der Waals surface area (Å²) in [4.78, 5) is 14.5. The van der Waals surface area contributed by atoms with Crippen molar-refractivity contribution < 1.29 is 40.4 Å². The number of allylic oxidation sites excluding steroid dienone is 2. The van der Waals surface area contributed by atoms with Gasteiger partial charge in [0.1, 0.15) is 5.75 Å². The minimum absolute atomic E-state index is 0. The van der Waals surface area contributed by atoms with E-state index in [2.05, 4.69) is 47.4 Å². The molecule has 5 nitrogen and oxygen atoms in total. The molecule has 0 unspecified atom stereocenters. The summed E-state index contributed by atoms with van der Waals surface area (Å²) in [7, 11) is 3.32. The topological polar surface area (TPSA) is 68.7 Å². The summed E-state index contributed by atoms with van der Waals surface area (Å²) in [5.41, 5.74) is 3.88. The number of aliphatic hydroxyl groups is 1. The van der Waals surface area contributed by atoms with Crippen LogP contribution >= 0.6 is 0 Å². The third-order valence-corrected chi connectivity index (χ3v) is 4.87. The molecule has 1 N–H and O–H groups in total. The molecule has 178 valence electrons. The number of pyridine rings is 1. The number of rotatable bonds is 5. The third-order valence-electron chi connectivity index (χ3n) is 4.87. The molecule has 4 aromatic rings. The van der Waals surface area contributed by atoms with E-state index in [0.29, 0.717) is 0 Å². The quantitative estimate of drug-likeness (QED) is 0.156. The Kier molecular flexibility index (Phi) is 10.0. The number of nitrogens with zero attached hydrogens (tertiary/aromatic N) is 1. The predicted octanol–water partition coefficient (Wildman–Crippen LogP) is 6.42. The number of methoxy groups -OCH3 is 2. The van der Waals surface area contributed by atoms with Crippen molar-refractivity contribution in [1.29, 1.82) is 0 Å². The molecule has 0 radical (unpaired) electrons. The standard InChI is InChI=1S/C23H18NO2.C5H8O2.Pt/c1-25-17-10-11-21(23-15-18(26-2)12-13-24-23)22(14-17)20-9-5-7-16-6-3-4-8-19(16)20;1-4(6)3-5(2)7;/h3-10,12-15H,1-2H3;3,6H,1-2H3;/q-1;;/b;4-3-;. The minimum atomic E-state index is -0.125. The Labute approximate surface area is 214 Å². The summed E-state index contributed by atoms with van der Waals surface area (Å²) in [6.45, 7) is 2.85. The summed E-state index contributed by atoms with van der Waals surface area (Å²) in [5, 5.41) is 10.7. The van der Waals surface area contributed by atoms with Gasteiger partial charge in [0.2, 0.25) is 0 Å². The number of carbonyl (C=O) groups is 1. The van der Waals surface area contributed by atoms with Gasteiger partial charge in [-0.25, -0.2) is 0 Å². The Hall–Kier alpha value is -3.43. The van der Waals surface area contributed by atoms with Gasteiger partial charge in [0.05, 0.1) is 20.0 Å². The van der Waals surface area contributed by atoms with Gasteiger partial charge >= 0.3 is 0 Å². The van der Waals surface area contributed by atoms with Gasteiger partial charge in [-0.05, 0) is 42.4 Å². The number of carbonyl (C=O) groups excluding carboxylic acids is 1. The molecular weight excluding hydrogens is 609 g/mol. The molecule has 0 amide bonds. The molecule has 0 aliphatic carbocycles. The van der Waals surface area contributed by atoms with Crippen LogP contribution in [0.1, 0.15) is 13.8 Å². The summed E-state index contributed by atoms with van der Waals surface area (Å²) in [6, 6.07) is 25.6. The molecule has 0 saturated carbocycles. The zero-order chi connectivity index (χ0) is 23.8. The fourth-order valence-corrected chi connectivity index (χ4v) is 3.45. The van der Waals surface area contributed by atoms with Gasteiger partial charge in [0.15, 0.2) is 5.78 Å². The normalized spacial score (nSPS) is 10.5. The largest absolute Gasteiger partial charge is 0.540 e. The predicted molar refractivity (Wildman–Crippen MR) is 132 cm³/mol. The van der Waals surface area contributed by atoms with Gasteiger partial charge in [0.25, 0.3) is 0 Å². The Morgan fingerprint density at radius 3 is 2.29 bits per heavy atom. The number of benzene rings is 3. The van der Waals surface area contributed by atoms with E-state index in [4.69, 9.17) is 14.6 Å². The maximum absolute atomic E-state index is 10.0. The average molecular weight is 636 g/mol. The third kappa shape index (κ3) is 6.79. The van der Waals surface area contributed by atoms with Crippen molar-refractivity contribution in [2.24, 2.45) is 0 Å². The van der Waals surface area contributed by atoms with Gasteiger partial charge in [0, 0.05) is 39.1 Å². The van der Waals surface area contributed by atoms with Crippen LogP contribution in [0.15, 0.2) is 84.8 Å². The number of ketones is 1. The van der Waals surface area contributed by atoms with Crippen molar-refractivity contribution in [3.8, 4) is 33.9 Å². The molecule has 4 rings (SSSR count). The van der Waals surface area contributed by atoms with E-state index in [-0.39, 0.29) is 32.6 Å². The van der Waals surface area contributed by atoms with Gasteiger partial charge in [-0.15, -0.1) is 17.7 Å². The number of aliphatic hydroxyl groups excluding tert-OH is 1. The average Bonchev–Trinajstić information content (AvgIpc) is 2.83. The Bertz CT molecular complexity index is 1290. The molecule has 3 aromatic carbocycles. The number of hydrogen-bond acceptors (Lipinski definition) is 5. The first-order valence-corrected chi connectivity index (χ1v) is 10.4. The first kappa shape index (κ1) is 26.8. The molecule has 0 fully saturated rings. The molecular formula is C28H26NO4Pt-. The summed E-state index contributed by atoms with van der Waals surface area (Å²) >= 11 is 0. The molecule has 0 atom stereocenters. The number of hydrogen-bond donors (Lipinski definition) is 1. The van der Waals surface area contributed by atoms with Crippen molar-refractivity contribution in [3.63, 3.8) is 0 Å². The van der Waals surface area contributed by atoms with Gasteiger partial charge in [-0.3, -0.25) is 4.79 Å². The molecule has 6 heteroatoms. The van der Waals surface area contributed by atoms with E-state index < -0.39 is 0 Å². The maximum Gasteiger partial charge on any atom is 0.155 e. The van der Waals surface area contributed by atoms with Crippen molar-refractivity contribution in [3.05, 3.63) is 90.8 Å². The number of ether oxygens (including phenoxy) is 2. The SMILES string of the molecule is CC(=O)/C=C(/C)O.COc1ccnc(-c2[c-]cc(OC)cc2-c2cccc3ccccc23)c1.[Pt]. The van der Waals surface area contributed by atoms with Crippen molar-refractivity contribution in [1.82, 2.24) is 4.98 Å². The van der Waals surface area contributed by atoms with Crippen LogP contribution in [-0.2, 0) is 25.9 Å². The van der Waals surface area contributed by atoms with E-state index in [1.807, 2.05) is 30.3 Å². The van der Waals surface area contributed by atoms with Crippen LogP contribution < -0.4 is 9.47 Å². The minimum Gasteiger partial charge on any atom is -0.540 e. The van der Waals surface area contributed by atoms with E-state index in [1.165, 1.54) is 30.7 Å². The van der Waals surface area contributed by atoms with Crippen LogP contribution in [-0.4, -0.2) is 30.1 Å². The number of aromatic nitrogens is 1. The van der Waals surface area contributed by atoms with E-state index in [9.17, 15) is 4.79 Å². The molecule has 1 aromatic heterocycles. The monoisotopic (exact) mass is 635 g/mol. The maximum atomic E-state index is 10.0. The first-order valence-electron chi connectivity index (χ1n) is 10.4. The van der Waals surface area contributed by atoms with Crippen LogP contribution in [0.25, 0.3) is 33.2 Å². The molecule has 1 heterocycles. The molecule has 34 heavy (non-hydrogen) atoms. The molecule has 0 bridgehead atoms. The van der Waals surface area contributed by atoms with Crippen LogP contribution in [0.2, 0.25) is 0 Å². The van der Waals surface area contributed by atoms with Crippen LogP contribution in [0, 0.1) is 6.07 Å². The van der Waals surface area contributed by atoms with Crippen molar-refractivity contribution in [2.75, 3.05) is 14.2 Å². The fraction of sp³-hybridized carbons (Fsp3) is 0.143. The summed E-state index contributed by atoms with van der Waals surface area (Å²) < 4.78 is 10.8. The molecule has 0 spiro atoms. The van der Waals surface area contributed by atoms with Crippen LogP contribution in [0.3, 0.4) is 0 Å². The van der Waals surface area contributed by atoms with Crippen molar-refractivity contribution >= 4 is 16.6 Å². The van der Waals surface area contributed by atoms with E-state index in [1.54, 1.807) is 20.4 Å². The van der Waals surface area contributed by atoms with E-state index >= 15 is 0 Å².